The summed E-state index contributed by atoms with van der Waals surface area (Å²) in [7, 11) is 0. The topological polar surface area (TPSA) is 41.9 Å². The summed E-state index contributed by atoms with van der Waals surface area (Å²) in [6, 6.07) is 14.0. The fourth-order valence-corrected chi connectivity index (χ4v) is 3.44. The Labute approximate surface area is 169 Å². The van der Waals surface area contributed by atoms with Crippen LogP contribution in [-0.4, -0.2) is 29.2 Å². The fraction of sp³-hybridized carbons (Fsp3) is 0.364. The highest BCUT2D eigenvalue weighted by atomic mass is 35.5. The number of halogens is 2. The first-order chi connectivity index (χ1) is 13.4. The van der Waals surface area contributed by atoms with Crippen molar-refractivity contribution in [1.82, 2.24) is 4.90 Å². The highest BCUT2D eigenvalue weighted by Gasteiger charge is 2.28. The molecule has 0 aromatic heterocycles. The Morgan fingerprint density at radius 1 is 1.25 bits per heavy atom. The van der Waals surface area contributed by atoms with Gasteiger partial charge in [-0.2, -0.15) is 0 Å². The van der Waals surface area contributed by atoms with Crippen LogP contribution in [-0.2, 0) is 16.2 Å². The predicted molar refractivity (Wildman–Crippen MR) is 109 cm³/mol. The number of amides is 1. The smallest absolute Gasteiger partial charge is 0.223 e. The first kappa shape index (κ1) is 20.3. The number of rotatable bonds is 7. The Morgan fingerprint density at radius 3 is 2.68 bits per heavy atom. The highest BCUT2D eigenvalue weighted by Crippen LogP contribution is 2.24. The number of oxime groups is 1. The van der Waals surface area contributed by atoms with Crippen LogP contribution in [0.15, 0.2) is 53.7 Å². The third kappa shape index (κ3) is 5.10. The summed E-state index contributed by atoms with van der Waals surface area (Å²) >= 11 is 6.25. The van der Waals surface area contributed by atoms with Crippen LogP contribution in [0.2, 0.25) is 5.02 Å². The van der Waals surface area contributed by atoms with Crippen molar-refractivity contribution in [2.45, 2.75) is 39.3 Å². The molecule has 148 valence electrons. The second kappa shape index (κ2) is 9.20. The molecule has 0 radical (unpaired) electrons. The second-order valence-electron chi connectivity index (χ2n) is 7.41. The lowest BCUT2D eigenvalue weighted by Gasteiger charge is -2.26. The van der Waals surface area contributed by atoms with Crippen molar-refractivity contribution >= 4 is 23.2 Å². The molecule has 1 aliphatic rings. The molecule has 4 nitrogen and oxygen atoms in total. The van der Waals surface area contributed by atoms with Crippen LogP contribution < -0.4 is 0 Å². The van der Waals surface area contributed by atoms with E-state index in [1.165, 1.54) is 6.07 Å². The second-order valence-corrected chi connectivity index (χ2v) is 7.82. The average Bonchev–Trinajstić information content (AvgIpc) is 3.11. The molecular weight excluding hydrogens is 379 g/mol. The summed E-state index contributed by atoms with van der Waals surface area (Å²) in [5, 5.41) is 4.78. The molecule has 0 aliphatic carbocycles. The summed E-state index contributed by atoms with van der Waals surface area (Å²) in [4.78, 5) is 20.0. The van der Waals surface area contributed by atoms with Gasteiger partial charge in [-0.05, 0) is 18.1 Å². The number of benzene rings is 2. The monoisotopic (exact) mass is 402 g/mol. The number of carbonyl (C=O) groups is 1. The van der Waals surface area contributed by atoms with Gasteiger partial charge in [-0.3, -0.25) is 4.79 Å². The number of carbonyl (C=O) groups excluding carboxylic acids is 1. The number of nitrogens with zero attached hydrogens (tertiary/aromatic N) is 2. The van der Waals surface area contributed by atoms with Crippen molar-refractivity contribution in [2.24, 2.45) is 11.1 Å². The maximum absolute atomic E-state index is 14.1. The van der Waals surface area contributed by atoms with Crippen LogP contribution in [0.1, 0.15) is 37.8 Å². The van der Waals surface area contributed by atoms with E-state index in [1.54, 1.807) is 23.1 Å². The van der Waals surface area contributed by atoms with Crippen molar-refractivity contribution < 1.29 is 14.0 Å². The Kier molecular flexibility index (Phi) is 6.68. The van der Waals surface area contributed by atoms with E-state index in [2.05, 4.69) is 5.16 Å². The van der Waals surface area contributed by atoms with Crippen LogP contribution >= 0.6 is 11.6 Å². The van der Waals surface area contributed by atoms with Crippen molar-refractivity contribution in [3.8, 4) is 0 Å². The minimum Gasteiger partial charge on any atom is -0.390 e. The zero-order chi connectivity index (χ0) is 20.1. The van der Waals surface area contributed by atoms with Gasteiger partial charge in [-0.1, -0.05) is 67.0 Å². The minimum atomic E-state index is -0.315. The largest absolute Gasteiger partial charge is 0.390 e. The predicted octanol–water partition coefficient (Wildman–Crippen LogP) is 5.05. The van der Waals surface area contributed by atoms with Gasteiger partial charge in [0.05, 0.1) is 12.3 Å². The van der Waals surface area contributed by atoms with Crippen molar-refractivity contribution in [2.75, 3.05) is 6.54 Å². The quantitative estimate of drug-likeness (QED) is 0.650. The molecule has 2 aromatic carbocycles. The molecule has 0 fully saturated rings. The molecule has 0 saturated carbocycles. The van der Waals surface area contributed by atoms with Crippen molar-refractivity contribution in [1.29, 1.82) is 0 Å². The molecule has 0 saturated heterocycles. The molecule has 0 bridgehead atoms. The molecule has 0 N–H and O–H groups in total. The van der Waals surface area contributed by atoms with E-state index in [-0.39, 0.29) is 30.3 Å². The molecule has 2 aromatic rings. The van der Waals surface area contributed by atoms with Crippen LogP contribution in [0.3, 0.4) is 0 Å². The first-order valence-electron chi connectivity index (χ1n) is 9.42. The van der Waals surface area contributed by atoms with E-state index < -0.39 is 0 Å². The van der Waals surface area contributed by atoms with E-state index >= 15 is 0 Å². The van der Waals surface area contributed by atoms with Gasteiger partial charge < -0.3 is 9.74 Å². The first-order valence-corrected chi connectivity index (χ1v) is 9.80. The van der Waals surface area contributed by atoms with E-state index in [9.17, 15) is 9.18 Å². The molecule has 1 heterocycles. The Balaban J connectivity index is 1.71. The molecule has 6 heteroatoms. The molecule has 3 rings (SSSR count). The summed E-state index contributed by atoms with van der Waals surface area (Å²) in [5.74, 6) is -0.117. The third-order valence-electron chi connectivity index (χ3n) is 4.60. The lowest BCUT2D eigenvalue weighted by atomic mass is 10.0. The van der Waals surface area contributed by atoms with Gasteiger partial charge in [0.25, 0.3) is 0 Å². The van der Waals surface area contributed by atoms with Crippen LogP contribution in [0.5, 0.6) is 0 Å². The van der Waals surface area contributed by atoms with E-state index in [4.69, 9.17) is 16.4 Å². The number of hydrogen-bond donors (Lipinski definition) is 0. The fourth-order valence-electron chi connectivity index (χ4n) is 3.19. The normalized spacial score (nSPS) is 16.0. The molecule has 0 spiro atoms. The summed E-state index contributed by atoms with van der Waals surface area (Å²) < 4.78 is 14.1. The number of hydrogen-bond acceptors (Lipinski definition) is 3. The molecule has 1 atom stereocenters. The Hall–Kier alpha value is -2.40. The third-order valence-corrected chi connectivity index (χ3v) is 4.93. The van der Waals surface area contributed by atoms with E-state index in [1.807, 2.05) is 38.1 Å². The van der Waals surface area contributed by atoms with Crippen LogP contribution in [0, 0.1) is 11.7 Å². The van der Waals surface area contributed by atoms with Gasteiger partial charge in [0.1, 0.15) is 5.82 Å². The zero-order valence-electron chi connectivity index (χ0n) is 16.1. The average molecular weight is 403 g/mol. The van der Waals surface area contributed by atoms with E-state index in [0.717, 1.165) is 11.3 Å². The van der Waals surface area contributed by atoms with Gasteiger partial charge in [0.2, 0.25) is 5.91 Å². The lowest BCUT2D eigenvalue weighted by molar-refractivity contribution is -0.134. The maximum Gasteiger partial charge on any atom is 0.223 e. The lowest BCUT2D eigenvalue weighted by Crippen LogP contribution is -2.38. The molecular formula is C22H24ClFN2O2. The molecule has 28 heavy (non-hydrogen) atoms. The Morgan fingerprint density at radius 2 is 1.96 bits per heavy atom. The summed E-state index contributed by atoms with van der Waals surface area (Å²) in [5.41, 5.74) is 2.09. The van der Waals surface area contributed by atoms with Crippen LogP contribution in [0.25, 0.3) is 0 Å². The van der Waals surface area contributed by atoms with Gasteiger partial charge in [-0.25, -0.2) is 4.39 Å². The Bertz CT molecular complexity index is 869. The van der Waals surface area contributed by atoms with Crippen LogP contribution in [0.4, 0.5) is 4.39 Å². The zero-order valence-corrected chi connectivity index (χ0v) is 16.8. The highest BCUT2D eigenvalue weighted by molar-refractivity contribution is 6.34. The SMILES string of the molecule is CC(C)CC(=O)N(Cc1ccccc1F)C[C@H]1CC(c2ccccc2Cl)=NO1. The maximum atomic E-state index is 14.1. The van der Waals surface area contributed by atoms with Crippen molar-refractivity contribution in [3.05, 3.63) is 70.5 Å². The van der Waals surface area contributed by atoms with Gasteiger partial charge >= 0.3 is 0 Å². The van der Waals surface area contributed by atoms with Gasteiger partial charge in [-0.15, -0.1) is 0 Å². The van der Waals surface area contributed by atoms with E-state index in [0.29, 0.717) is 30.0 Å². The van der Waals surface area contributed by atoms with Gasteiger partial charge in [0.15, 0.2) is 6.10 Å². The molecule has 1 amide bonds. The molecule has 1 aliphatic heterocycles. The summed E-state index contributed by atoms with van der Waals surface area (Å²) in [6.07, 6.45) is 0.667. The molecule has 0 unspecified atom stereocenters. The van der Waals surface area contributed by atoms with Gasteiger partial charge in [0, 0.05) is 35.5 Å². The van der Waals surface area contributed by atoms with Crippen molar-refractivity contribution in [3.63, 3.8) is 0 Å². The minimum absolute atomic E-state index is 0.0203. The summed E-state index contributed by atoms with van der Waals surface area (Å²) in [6.45, 7) is 4.53. The standard InChI is InChI=1S/C22H24ClFN2O2/c1-15(2)11-22(27)26(13-16-7-3-6-10-20(16)24)14-17-12-21(25-28-17)18-8-4-5-9-19(18)23/h3-10,15,17H,11-14H2,1-2H3/t17-/m1/s1.